The zero-order chi connectivity index (χ0) is 15.6. The molecule has 1 N–H and O–H groups in total. The molecule has 0 radical (unpaired) electrons. The lowest BCUT2D eigenvalue weighted by Gasteiger charge is -2.12. The third kappa shape index (κ3) is 4.16. The number of aromatic nitrogens is 1. The first kappa shape index (κ1) is 16.2. The van der Waals surface area contributed by atoms with Gasteiger partial charge in [-0.2, -0.15) is 0 Å². The molecule has 1 aliphatic heterocycles. The van der Waals surface area contributed by atoms with Gasteiger partial charge in [-0.3, -0.25) is 9.59 Å². The maximum atomic E-state index is 13.3. The number of hydrogen-bond acceptors (Lipinski definition) is 3. The third-order valence-corrected chi connectivity index (χ3v) is 4.77. The molecule has 1 aromatic rings. The Morgan fingerprint density at radius 2 is 2.24 bits per heavy atom. The molecule has 0 bridgehead atoms. The predicted molar refractivity (Wildman–Crippen MR) is 75.9 cm³/mol. The fraction of sp³-hybridized carbons (Fsp3) is 0.500. The minimum absolute atomic E-state index is 0.00133. The molecule has 3 unspecified atom stereocenters. The van der Waals surface area contributed by atoms with Crippen LogP contribution in [0.15, 0.2) is 23.1 Å². The lowest BCUT2D eigenvalue weighted by molar-refractivity contribution is -0.115. The van der Waals surface area contributed by atoms with Gasteiger partial charge in [0.25, 0.3) is 12.0 Å². The summed E-state index contributed by atoms with van der Waals surface area (Å²) in [7, 11) is 0. The minimum Gasteiger partial charge on any atom is -0.324 e. The molecule has 4 nitrogen and oxygen atoms in total. The molecule has 1 aliphatic rings. The summed E-state index contributed by atoms with van der Waals surface area (Å²) in [6.07, 6.45) is -2.80. The van der Waals surface area contributed by atoms with Crippen LogP contribution in [0.25, 0.3) is 0 Å². The van der Waals surface area contributed by atoms with Crippen molar-refractivity contribution >= 4 is 35.0 Å². The van der Waals surface area contributed by atoms with Gasteiger partial charge in [0.2, 0.25) is 5.91 Å². The highest BCUT2D eigenvalue weighted by Crippen LogP contribution is 2.38. The van der Waals surface area contributed by atoms with Gasteiger partial charge in [0.05, 0.1) is 17.5 Å². The highest BCUT2D eigenvalue weighted by molar-refractivity contribution is 8.02. The van der Waals surface area contributed by atoms with Crippen molar-refractivity contribution in [2.24, 2.45) is 0 Å². The molecule has 1 aromatic heterocycles. The third-order valence-electron chi connectivity index (χ3n) is 2.90. The maximum Gasteiger partial charge on any atom is 0.256 e. The molecule has 2 heterocycles. The molecule has 0 spiro atoms. The van der Waals surface area contributed by atoms with Crippen molar-refractivity contribution in [3.05, 3.63) is 28.7 Å². The van der Waals surface area contributed by atoms with Crippen molar-refractivity contribution in [1.82, 2.24) is 4.57 Å². The van der Waals surface area contributed by atoms with E-state index in [1.165, 1.54) is 6.07 Å². The van der Waals surface area contributed by atoms with E-state index in [-0.39, 0.29) is 12.1 Å². The van der Waals surface area contributed by atoms with Gasteiger partial charge in [-0.05, 0) is 6.07 Å². The molecule has 0 aliphatic carbocycles. The van der Waals surface area contributed by atoms with E-state index in [0.717, 1.165) is 28.6 Å². The number of rotatable bonds is 4. The number of pyridine rings is 1. The average molecular weight is 341 g/mol. The molecule has 9 heteroatoms. The Labute approximate surface area is 127 Å². The number of nitrogens with zero attached hydrogens (tertiary/aromatic N) is 1. The monoisotopic (exact) mass is 340 g/mol. The number of hydrogen-bond donors (Lipinski definition) is 1. The summed E-state index contributed by atoms with van der Waals surface area (Å²) in [5, 5.41) is 1.84. The van der Waals surface area contributed by atoms with Crippen LogP contribution in [0.5, 0.6) is 0 Å². The molecular formula is C12H12ClF3N2O2S. The summed E-state index contributed by atoms with van der Waals surface area (Å²) in [6.45, 7) is -0.753. The smallest absolute Gasteiger partial charge is 0.256 e. The number of carbonyl (C=O) groups excluding carboxylic acids is 1. The van der Waals surface area contributed by atoms with Crippen molar-refractivity contribution in [1.29, 1.82) is 0 Å². The van der Waals surface area contributed by atoms with E-state index in [0.29, 0.717) is 0 Å². The van der Waals surface area contributed by atoms with Crippen LogP contribution >= 0.6 is 23.4 Å². The zero-order valence-corrected chi connectivity index (χ0v) is 12.2. The van der Waals surface area contributed by atoms with Crippen molar-refractivity contribution in [2.75, 3.05) is 5.32 Å². The number of amides is 1. The number of thioether (sulfide) groups is 1. The molecule has 3 atom stereocenters. The molecule has 116 valence electrons. The Hall–Kier alpha value is -1.15. The Morgan fingerprint density at radius 3 is 2.81 bits per heavy atom. The fourth-order valence-electron chi connectivity index (χ4n) is 1.90. The summed E-state index contributed by atoms with van der Waals surface area (Å²) in [4.78, 5) is 23.3. The van der Waals surface area contributed by atoms with E-state index in [1.54, 1.807) is 0 Å². The van der Waals surface area contributed by atoms with Crippen LogP contribution in [0.2, 0.25) is 0 Å². The standard InChI is InChI=1S/C12H12ClF3N2O2S/c13-11-7(14)3-8(21-11)12(20)17-6-1-2-10(19)18(4-6)5-9(15)16/h1-2,4,7-9,11H,3,5H2,(H,17,20). The van der Waals surface area contributed by atoms with E-state index in [9.17, 15) is 22.8 Å². The van der Waals surface area contributed by atoms with Crippen molar-refractivity contribution in [3.8, 4) is 0 Å². The van der Waals surface area contributed by atoms with E-state index in [2.05, 4.69) is 5.32 Å². The summed E-state index contributed by atoms with van der Waals surface area (Å²) in [5.41, 5.74) is -0.387. The van der Waals surface area contributed by atoms with Gasteiger partial charge >= 0.3 is 0 Å². The highest BCUT2D eigenvalue weighted by Gasteiger charge is 2.37. The van der Waals surface area contributed by atoms with Gasteiger partial charge in [0.1, 0.15) is 10.9 Å². The first-order valence-electron chi connectivity index (χ1n) is 6.10. The van der Waals surface area contributed by atoms with Gasteiger partial charge in [-0.1, -0.05) is 0 Å². The fourth-order valence-corrected chi connectivity index (χ4v) is 3.45. The van der Waals surface area contributed by atoms with Gasteiger partial charge in [0, 0.05) is 18.7 Å². The number of carbonyl (C=O) groups is 1. The summed E-state index contributed by atoms with van der Waals surface area (Å²) in [5.74, 6) is -0.465. The van der Waals surface area contributed by atoms with E-state index >= 15 is 0 Å². The van der Waals surface area contributed by atoms with Crippen LogP contribution < -0.4 is 10.9 Å². The second-order valence-corrected chi connectivity index (χ2v) is 6.59. The van der Waals surface area contributed by atoms with Crippen LogP contribution in [-0.4, -0.2) is 33.0 Å². The Kier molecular flexibility index (Phi) is 5.21. The summed E-state index contributed by atoms with van der Waals surface area (Å²) in [6, 6.07) is 2.40. The topological polar surface area (TPSA) is 51.1 Å². The van der Waals surface area contributed by atoms with Crippen molar-refractivity contribution in [3.63, 3.8) is 0 Å². The van der Waals surface area contributed by atoms with Crippen LogP contribution in [0.1, 0.15) is 6.42 Å². The van der Waals surface area contributed by atoms with Gasteiger partial charge in [-0.25, -0.2) is 13.2 Å². The Bertz CT molecular complexity index is 574. The molecule has 1 fully saturated rings. The zero-order valence-electron chi connectivity index (χ0n) is 10.6. The second kappa shape index (κ2) is 6.74. The predicted octanol–water partition coefficient (Wildman–Crippen LogP) is 2.46. The second-order valence-electron chi connectivity index (χ2n) is 4.52. The first-order valence-corrected chi connectivity index (χ1v) is 7.48. The largest absolute Gasteiger partial charge is 0.324 e. The van der Waals surface area contributed by atoms with Gasteiger partial charge in [0.15, 0.2) is 0 Å². The maximum absolute atomic E-state index is 13.3. The Balaban J connectivity index is 2.06. The average Bonchev–Trinajstić information content (AvgIpc) is 2.73. The number of anilines is 1. The quantitative estimate of drug-likeness (QED) is 0.857. The van der Waals surface area contributed by atoms with E-state index in [4.69, 9.17) is 11.6 Å². The minimum atomic E-state index is -2.68. The Morgan fingerprint density at radius 1 is 1.52 bits per heavy atom. The van der Waals surface area contributed by atoms with Crippen LogP contribution in [0, 0.1) is 0 Å². The first-order chi connectivity index (χ1) is 9.86. The molecule has 0 saturated carbocycles. The normalized spacial score (nSPS) is 25.3. The van der Waals surface area contributed by atoms with E-state index < -0.39 is 40.6 Å². The lowest BCUT2D eigenvalue weighted by atomic mass is 10.2. The molecule has 21 heavy (non-hydrogen) atoms. The van der Waals surface area contributed by atoms with Crippen LogP contribution in [-0.2, 0) is 11.3 Å². The number of nitrogens with one attached hydrogen (secondary N) is 1. The van der Waals surface area contributed by atoms with Crippen molar-refractivity contribution in [2.45, 2.75) is 35.5 Å². The SMILES string of the molecule is O=C(Nc1ccc(=O)n(CC(F)F)c1)C1CC(F)C(Cl)S1. The molecule has 1 saturated heterocycles. The van der Waals surface area contributed by atoms with Gasteiger partial charge in [-0.15, -0.1) is 23.4 Å². The number of alkyl halides is 4. The van der Waals surface area contributed by atoms with Crippen LogP contribution in [0.3, 0.4) is 0 Å². The summed E-state index contributed by atoms with van der Waals surface area (Å²) >= 11 is 6.70. The molecular weight excluding hydrogens is 329 g/mol. The highest BCUT2D eigenvalue weighted by atomic mass is 35.5. The van der Waals surface area contributed by atoms with Crippen molar-refractivity contribution < 1.29 is 18.0 Å². The van der Waals surface area contributed by atoms with E-state index in [1.807, 2.05) is 0 Å². The molecule has 0 aromatic carbocycles. The number of halogens is 4. The van der Waals surface area contributed by atoms with Gasteiger partial charge < -0.3 is 9.88 Å². The molecule has 2 rings (SSSR count). The lowest BCUT2D eigenvalue weighted by Crippen LogP contribution is -2.26. The summed E-state index contributed by atoms with van der Waals surface area (Å²) < 4.78 is 37.9. The van der Waals surface area contributed by atoms with Crippen LogP contribution in [0.4, 0.5) is 18.9 Å². The molecule has 1 amide bonds.